The number of anilines is 2. The van der Waals surface area contributed by atoms with Gasteiger partial charge in [-0.05, 0) is 30.3 Å². The first-order valence-corrected chi connectivity index (χ1v) is 11.5. The number of sulfone groups is 1. The van der Waals surface area contributed by atoms with Gasteiger partial charge in [0, 0.05) is 23.3 Å². The SMILES string of the molecule is CS(=O)(=O)CNc1cc2oc(-c3ccc(F)cc3)c(C(=O)O)c2cc1OCc1nc(N)n[nH]1. The van der Waals surface area contributed by atoms with Crippen LogP contribution in [0.25, 0.3) is 22.3 Å². The number of ether oxygens (including phenoxy) is 1. The standard InChI is InChI=1S/C20H18FN5O6S/c1-33(29,30)9-23-13-7-14-12(6-15(13)31-8-16-24-20(22)26-25-16)17(19(27)28)18(32-14)10-2-4-11(21)5-3-10/h2-7,23H,8-9H2,1H3,(H,27,28)(H3,22,24,25,26). The smallest absolute Gasteiger partial charge is 0.340 e. The number of H-pyrrole nitrogens is 1. The Balaban J connectivity index is 1.82. The summed E-state index contributed by atoms with van der Waals surface area (Å²) in [6.07, 6.45) is 1.05. The number of furan rings is 1. The van der Waals surface area contributed by atoms with Crippen LogP contribution in [-0.4, -0.2) is 46.8 Å². The fraction of sp³-hybridized carbons (Fsp3) is 0.150. The molecule has 2 heterocycles. The molecule has 0 saturated carbocycles. The van der Waals surface area contributed by atoms with Gasteiger partial charge in [0.05, 0.1) is 5.69 Å². The number of carbonyl (C=O) groups is 1. The summed E-state index contributed by atoms with van der Waals surface area (Å²) in [4.78, 5) is 16.0. The zero-order valence-electron chi connectivity index (χ0n) is 17.1. The Labute approximate surface area is 186 Å². The summed E-state index contributed by atoms with van der Waals surface area (Å²) in [5.41, 5.74) is 6.10. The molecule has 0 aliphatic carbocycles. The van der Waals surface area contributed by atoms with Gasteiger partial charge in [0.25, 0.3) is 0 Å². The predicted molar refractivity (Wildman–Crippen MR) is 117 cm³/mol. The topological polar surface area (TPSA) is 173 Å². The molecule has 0 amide bonds. The first-order chi connectivity index (χ1) is 15.6. The van der Waals surface area contributed by atoms with E-state index in [1.807, 2.05) is 0 Å². The molecule has 0 aliphatic heterocycles. The van der Waals surface area contributed by atoms with Gasteiger partial charge in [0.15, 0.2) is 15.7 Å². The number of aromatic carboxylic acids is 1. The summed E-state index contributed by atoms with van der Waals surface area (Å²) in [7, 11) is -3.39. The van der Waals surface area contributed by atoms with Gasteiger partial charge in [-0.2, -0.15) is 4.98 Å². The first kappa shape index (κ1) is 22.1. The number of hydrogen-bond donors (Lipinski definition) is 4. The van der Waals surface area contributed by atoms with E-state index < -0.39 is 27.5 Å². The molecule has 0 fully saturated rings. The highest BCUT2D eigenvalue weighted by Crippen LogP contribution is 2.39. The van der Waals surface area contributed by atoms with E-state index in [9.17, 15) is 22.7 Å². The Bertz CT molecular complexity index is 1450. The molecular weight excluding hydrogens is 457 g/mol. The van der Waals surface area contributed by atoms with Crippen molar-refractivity contribution in [1.82, 2.24) is 15.2 Å². The number of aromatic amines is 1. The average Bonchev–Trinajstić information content (AvgIpc) is 3.33. The number of nitrogens with one attached hydrogen (secondary N) is 2. The van der Waals surface area contributed by atoms with Crippen LogP contribution in [0.15, 0.2) is 40.8 Å². The Morgan fingerprint density at radius 1 is 1.30 bits per heavy atom. The van der Waals surface area contributed by atoms with Crippen LogP contribution < -0.4 is 15.8 Å². The van der Waals surface area contributed by atoms with E-state index in [4.69, 9.17) is 14.9 Å². The van der Waals surface area contributed by atoms with Gasteiger partial charge >= 0.3 is 5.97 Å². The third-order valence-electron chi connectivity index (χ3n) is 4.55. The number of nitrogen functional groups attached to an aromatic ring is 1. The minimum Gasteiger partial charge on any atom is -0.483 e. The molecule has 13 heteroatoms. The van der Waals surface area contributed by atoms with Crippen LogP contribution in [0.5, 0.6) is 5.75 Å². The van der Waals surface area contributed by atoms with Gasteiger partial charge in [-0.3, -0.25) is 5.10 Å². The number of carboxylic acids is 1. The lowest BCUT2D eigenvalue weighted by atomic mass is 10.0. The van der Waals surface area contributed by atoms with Gasteiger partial charge in [-0.1, -0.05) is 0 Å². The molecule has 0 spiro atoms. The van der Waals surface area contributed by atoms with Gasteiger partial charge < -0.3 is 25.3 Å². The lowest BCUT2D eigenvalue weighted by Gasteiger charge is -2.12. The summed E-state index contributed by atoms with van der Waals surface area (Å²) >= 11 is 0. The molecule has 0 aliphatic rings. The number of fused-ring (bicyclic) bond motifs is 1. The molecule has 172 valence electrons. The Morgan fingerprint density at radius 2 is 2.03 bits per heavy atom. The van der Waals surface area contributed by atoms with Crippen molar-refractivity contribution in [3.63, 3.8) is 0 Å². The fourth-order valence-electron chi connectivity index (χ4n) is 3.13. The van der Waals surface area contributed by atoms with Crippen LogP contribution in [0.3, 0.4) is 0 Å². The van der Waals surface area contributed by atoms with E-state index in [0.29, 0.717) is 11.4 Å². The second-order valence-corrected chi connectivity index (χ2v) is 9.28. The molecule has 33 heavy (non-hydrogen) atoms. The molecule has 2 aromatic carbocycles. The van der Waals surface area contributed by atoms with Gasteiger partial charge in [-0.25, -0.2) is 17.6 Å². The number of hydrogen-bond acceptors (Lipinski definition) is 9. The third kappa shape index (κ3) is 4.87. The maximum atomic E-state index is 13.3. The minimum atomic E-state index is -3.39. The summed E-state index contributed by atoms with van der Waals surface area (Å²) in [6, 6.07) is 8.02. The number of nitrogens with zero attached hydrogens (tertiary/aromatic N) is 2. The number of benzene rings is 2. The van der Waals surface area contributed by atoms with E-state index >= 15 is 0 Å². The van der Waals surface area contributed by atoms with Crippen molar-refractivity contribution in [1.29, 1.82) is 0 Å². The summed E-state index contributed by atoms with van der Waals surface area (Å²) in [6.45, 7) is -0.103. The molecule has 5 N–H and O–H groups in total. The van der Waals surface area contributed by atoms with Gasteiger partial charge in [0.2, 0.25) is 5.95 Å². The van der Waals surface area contributed by atoms with Crippen molar-refractivity contribution in [2.75, 3.05) is 23.2 Å². The molecular formula is C20H18FN5O6S. The zero-order chi connectivity index (χ0) is 23.8. The zero-order valence-corrected chi connectivity index (χ0v) is 17.9. The van der Waals surface area contributed by atoms with E-state index in [1.54, 1.807) is 0 Å². The highest BCUT2D eigenvalue weighted by Gasteiger charge is 2.24. The van der Waals surface area contributed by atoms with Crippen LogP contribution in [0, 0.1) is 5.82 Å². The largest absolute Gasteiger partial charge is 0.483 e. The number of rotatable bonds is 8. The molecule has 4 rings (SSSR count). The fourth-order valence-corrected chi connectivity index (χ4v) is 3.54. The number of aromatic nitrogens is 3. The molecule has 2 aromatic heterocycles. The molecule has 11 nitrogen and oxygen atoms in total. The van der Waals surface area contributed by atoms with E-state index in [1.165, 1.54) is 36.4 Å². The van der Waals surface area contributed by atoms with Crippen LogP contribution in [0.1, 0.15) is 16.2 Å². The van der Waals surface area contributed by atoms with E-state index in [-0.39, 0.29) is 46.3 Å². The highest BCUT2D eigenvalue weighted by atomic mass is 32.2. The van der Waals surface area contributed by atoms with Crippen LogP contribution in [-0.2, 0) is 16.4 Å². The highest BCUT2D eigenvalue weighted by molar-refractivity contribution is 7.90. The monoisotopic (exact) mass is 475 g/mol. The van der Waals surface area contributed by atoms with Crippen molar-refractivity contribution in [2.24, 2.45) is 0 Å². The predicted octanol–water partition coefficient (Wildman–Crippen LogP) is 2.63. The number of nitrogens with two attached hydrogens (primary N) is 1. The van der Waals surface area contributed by atoms with Gasteiger partial charge in [-0.15, -0.1) is 5.10 Å². The van der Waals surface area contributed by atoms with Crippen molar-refractivity contribution < 1.29 is 31.9 Å². The Morgan fingerprint density at radius 3 is 2.64 bits per heavy atom. The quantitative estimate of drug-likeness (QED) is 0.297. The second kappa shape index (κ2) is 8.43. The van der Waals surface area contributed by atoms with Crippen LogP contribution in [0.4, 0.5) is 16.0 Å². The van der Waals surface area contributed by atoms with Crippen LogP contribution >= 0.6 is 0 Å². The van der Waals surface area contributed by atoms with Crippen molar-refractivity contribution in [3.8, 4) is 17.1 Å². The molecule has 0 bridgehead atoms. The lowest BCUT2D eigenvalue weighted by Crippen LogP contribution is -2.13. The van der Waals surface area contributed by atoms with Crippen LogP contribution in [0.2, 0.25) is 0 Å². The average molecular weight is 475 g/mol. The van der Waals surface area contributed by atoms with Crippen molar-refractivity contribution in [3.05, 3.63) is 53.6 Å². The maximum absolute atomic E-state index is 13.3. The number of halogens is 1. The lowest BCUT2D eigenvalue weighted by molar-refractivity contribution is 0.0699. The number of carboxylic acid groups (broad SMARTS) is 1. The third-order valence-corrected chi connectivity index (χ3v) is 5.22. The minimum absolute atomic E-state index is 0.0198. The van der Waals surface area contributed by atoms with Gasteiger partial charge in [0.1, 0.15) is 41.0 Å². The molecule has 4 aromatic rings. The van der Waals surface area contributed by atoms with Crippen molar-refractivity contribution in [2.45, 2.75) is 6.61 Å². The molecule has 0 unspecified atom stereocenters. The van der Waals surface area contributed by atoms with Crippen molar-refractivity contribution >= 4 is 38.4 Å². The van der Waals surface area contributed by atoms with E-state index in [0.717, 1.165) is 6.26 Å². The summed E-state index contributed by atoms with van der Waals surface area (Å²) in [5.74, 6) is -1.66. The maximum Gasteiger partial charge on any atom is 0.340 e. The normalized spacial score (nSPS) is 11.6. The molecule has 0 atom stereocenters. The first-order valence-electron chi connectivity index (χ1n) is 9.41. The summed E-state index contributed by atoms with van der Waals surface area (Å²) in [5, 5.41) is 19.1. The second-order valence-electron chi connectivity index (χ2n) is 7.14. The summed E-state index contributed by atoms with van der Waals surface area (Å²) < 4.78 is 48.2. The molecule has 0 saturated heterocycles. The molecule has 0 radical (unpaired) electrons. The Kier molecular flexibility index (Phi) is 5.64. The Hall–Kier alpha value is -4.13. The van der Waals surface area contributed by atoms with E-state index in [2.05, 4.69) is 20.5 Å².